The normalized spacial score (nSPS) is 20.9. The maximum atomic E-state index is 14.3. The first-order chi connectivity index (χ1) is 12.6. The fourth-order valence-corrected chi connectivity index (χ4v) is 3.36. The zero-order valence-electron chi connectivity index (χ0n) is 14.0. The lowest BCUT2D eigenvalue weighted by Crippen LogP contribution is -2.24. The summed E-state index contributed by atoms with van der Waals surface area (Å²) in [4.78, 5) is 9.37. The third kappa shape index (κ3) is 3.87. The van der Waals surface area contributed by atoms with Crippen LogP contribution in [-0.4, -0.2) is 40.2 Å². The molecule has 0 unspecified atom stereocenters. The third-order valence-corrected chi connectivity index (χ3v) is 4.77. The van der Waals surface area contributed by atoms with Crippen LogP contribution in [0.15, 0.2) is 42.5 Å². The van der Waals surface area contributed by atoms with Gasteiger partial charge < -0.3 is 9.72 Å². The Hall–Kier alpha value is -2.02. The van der Waals surface area contributed by atoms with Crippen LogP contribution in [0.3, 0.4) is 0 Å². The fraction of sp³-hybridized carbons (Fsp3) is 0.316. The van der Waals surface area contributed by atoms with Crippen LogP contribution in [0.4, 0.5) is 8.78 Å². The Labute approximate surface area is 154 Å². The highest BCUT2D eigenvalue weighted by atomic mass is 35.5. The molecule has 4 nitrogen and oxygen atoms in total. The van der Waals surface area contributed by atoms with Gasteiger partial charge in [-0.3, -0.25) is 4.90 Å². The molecule has 7 heteroatoms. The van der Waals surface area contributed by atoms with Gasteiger partial charge in [0.25, 0.3) is 0 Å². The molecule has 1 fully saturated rings. The predicted octanol–water partition coefficient (Wildman–Crippen LogP) is 4.09. The van der Waals surface area contributed by atoms with Gasteiger partial charge in [0, 0.05) is 24.7 Å². The zero-order chi connectivity index (χ0) is 18.1. The molecule has 0 spiro atoms. The van der Waals surface area contributed by atoms with E-state index < -0.39 is 12.3 Å². The second-order valence-corrected chi connectivity index (χ2v) is 6.97. The minimum Gasteiger partial charge on any atom is -0.366 e. The Kier molecular flexibility index (Phi) is 4.89. The molecule has 2 heterocycles. The lowest BCUT2D eigenvalue weighted by atomic mass is 10.2. The number of H-pyrrole nitrogens is 1. The minimum atomic E-state index is -1.05. The molecule has 1 aromatic heterocycles. The van der Waals surface area contributed by atoms with Crippen molar-refractivity contribution in [3.63, 3.8) is 0 Å². The first-order valence-corrected chi connectivity index (χ1v) is 8.81. The van der Waals surface area contributed by atoms with Gasteiger partial charge in [0.1, 0.15) is 30.5 Å². The molecule has 0 aliphatic carbocycles. The molecule has 0 bridgehead atoms. The summed E-state index contributed by atoms with van der Waals surface area (Å²) in [5.74, 6) is 0.236. The number of likely N-dealkylation sites (tertiary alicyclic amines) is 1. The van der Waals surface area contributed by atoms with Gasteiger partial charge in [-0.2, -0.15) is 0 Å². The molecule has 0 amide bonds. The van der Waals surface area contributed by atoms with E-state index in [4.69, 9.17) is 16.3 Å². The van der Waals surface area contributed by atoms with Crippen LogP contribution in [0.25, 0.3) is 11.0 Å². The molecule has 1 aliphatic heterocycles. The second kappa shape index (κ2) is 7.31. The summed E-state index contributed by atoms with van der Waals surface area (Å²) < 4.78 is 33.3. The van der Waals surface area contributed by atoms with E-state index in [1.807, 2.05) is 29.2 Å². The lowest BCUT2D eigenvalue weighted by molar-refractivity contribution is 0.00864. The van der Waals surface area contributed by atoms with Gasteiger partial charge in [0.05, 0.1) is 11.0 Å². The van der Waals surface area contributed by atoms with Crippen LogP contribution in [-0.2, 0) is 17.9 Å². The highest BCUT2D eigenvalue weighted by Crippen LogP contribution is 2.21. The highest BCUT2D eigenvalue weighted by molar-refractivity contribution is 6.30. The lowest BCUT2D eigenvalue weighted by Gasteiger charge is -2.15. The standard InChI is InChI=1S/C19H18ClF2N3O/c20-13-3-1-12(2-4-13)8-25-9-15(22)18(10-25)26-11-19-23-16-6-5-14(21)7-17(16)24-19/h1-7,15,18H,8-11H2,(H,23,24)/t15-,18+/m1/s1. The number of aromatic nitrogens is 2. The van der Waals surface area contributed by atoms with Crippen LogP contribution in [0.1, 0.15) is 11.4 Å². The molecule has 3 aromatic rings. The molecule has 2 atom stereocenters. The molecule has 1 N–H and O–H groups in total. The molecular formula is C19H18ClF2N3O. The van der Waals surface area contributed by atoms with Crippen molar-refractivity contribution in [3.8, 4) is 0 Å². The summed E-state index contributed by atoms with van der Waals surface area (Å²) >= 11 is 5.89. The van der Waals surface area contributed by atoms with E-state index in [-0.39, 0.29) is 12.4 Å². The van der Waals surface area contributed by atoms with E-state index in [0.717, 1.165) is 5.56 Å². The Morgan fingerprint density at radius 1 is 1.19 bits per heavy atom. The van der Waals surface area contributed by atoms with Crippen molar-refractivity contribution >= 4 is 22.6 Å². The van der Waals surface area contributed by atoms with E-state index in [9.17, 15) is 8.78 Å². The van der Waals surface area contributed by atoms with Gasteiger partial charge in [0.2, 0.25) is 0 Å². The summed E-state index contributed by atoms with van der Waals surface area (Å²) in [5, 5.41) is 0.686. The summed E-state index contributed by atoms with van der Waals surface area (Å²) in [6.07, 6.45) is -1.56. The number of hydrogen-bond donors (Lipinski definition) is 1. The van der Waals surface area contributed by atoms with E-state index in [1.54, 1.807) is 6.07 Å². The molecule has 136 valence electrons. The van der Waals surface area contributed by atoms with Crippen LogP contribution < -0.4 is 0 Å². The maximum absolute atomic E-state index is 14.3. The van der Waals surface area contributed by atoms with E-state index in [0.29, 0.717) is 41.5 Å². The Morgan fingerprint density at radius 3 is 2.81 bits per heavy atom. The van der Waals surface area contributed by atoms with Gasteiger partial charge in [-0.15, -0.1) is 0 Å². The van der Waals surface area contributed by atoms with Crippen molar-refractivity contribution in [2.45, 2.75) is 25.4 Å². The molecule has 4 rings (SSSR count). The third-order valence-electron chi connectivity index (χ3n) is 4.52. The van der Waals surface area contributed by atoms with Crippen molar-refractivity contribution < 1.29 is 13.5 Å². The number of aromatic amines is 1. The largest absolute Gasteiger partial charge is 0.366 e. The molecule has 26 heavy (non-hydrogen) atoms. The Balaban J connectivity index is 1.35. The number of halogens is 3. The fourth-order valence-electron chi connectivity index (χ4n) is 3.23. The maximum Gasteiger partial charge on any atom is 0.140 e. The van der Waals surface area contributed by atoms with Crippen LogP contribution in [0, 0.1) is 5.82 Å². The average molecular weight is 378 g/mol. The molecule has 1 saturated heterocycles. The van der Waals surface area contributed by atoms with Crippen LogP contribution >= 0.6 is 11.6 Å². The van der Waals surface area contributed by atoms with E-state index in [1.165, 1.54) is 12.1 Å². The SMILES string of the molecule is Fc1ccc2nc(CO[C@H]3CN(Cc4ccc(Cl)cc4)C[C@H]3F)[nH]c2c1. The Morgan fingerprint density at radius 2 is 2.00 bits per heavy atom. The van der Waals surface area contributed by atoms with Gasteiger partial charge in [-0.05, 0) is 35.9 Å². The van der Waals surface area contributed by atoms with Gasteiger partial charge in [0.15, 0.2) is 0 Å². The number of fused-ring (bicyclic) bond motifs is 1. The number of nitrogens with zero attached hydrogens (tertiary/aromatic N) is 2. The number of imidazole rings is 1. The number of nitrogens with one attached hydrogen (secondary N) is 1. The predicted molar refractivity (Wildman–Crippen MR) is 96.3 cm³/mol. The molecule has 1 aliphatic rings. The first-order valence-electron chi connectivity index (χ1n) is 8.43. The summed E-state index contributed by atoms with van der Waals surface area (Å²) in [5.41, 5.74) is 2.36. The monoisotopic (exact) mass is 377 g/mol. The number of rotatable bonds is 5. The van der Waals surface area contributed by atoms with Gasteiger partial charge in [-0.1, -0.05) is 23.7 Å². The number of benzene rings is 2. The second-order valence-electron chi connectivity index (χ2n) is 6.53. The topological polar surface area (TPSA) is 41.1 Å². The van der Waals surface area contributed by atoms with Crippen LogP contribution in [0.5, 0.6) is 0 Å². The minimum absolute atomic E-state index is 0.163. The number of alkyl halides is 1. The van der Waals surface area contributed by atoms with Crippen molar-refractivity contribution in [1.29, 1.82) is 0 Å². The van der Waals surface area contributed by atoms with Crippen LogP contribution in [0.2, 0.25) is 5.02 Å². The summed E-state index contributed by atoms with van der Waals surface area (Å²) in [6.45, 7) is 1.66. The van der Waals surface area contributed by atoms with Crippen molar-refractivity contribution in [3.05, 3.63) is 64.7 Å². The van der Waals surface area contributed by atoms with Gasteiger partial charge in [-0.25, -0.2) is 13.8 Å². The van der Waals surface area contributed by atoms with Crippen molar-refractivity contribution in [2.75, 3.05) is 13.1 Å². The highest BCUT2D eigenvalue weighted by Gasteiger charge is 2.33. The molecule has 0 saturated carbocycles. The molecular weight excluding hydrogens is 360 g/mol. The summed E-state index contributed by atoms with van der Waals surface area (Å²) in [7, 11) is 0. The molecule has 2 aromatic carbocycles. The smallest absolute Gasteiger partial charge is 0.140 e. The molecule has 0 radical (unpaired) electrons. The van der Waals surface area contributed by atoms with Crippen molar-refractivity contribution in [1.82, 2.24) is 14.9 Å². The zero-order valence-corrected chi connectivity index (χ0v) is 14.7. The number of ether oxygens (including phenoxy) is 1. The van der Waals surface area contributed by atoms with Gasteiger partial charge >= 0.3 is 0 Å². The van der Waals surface area contributed by atoms with E-state index >= 15 is 0 Å². The Bertz CT molecular complexity index is 899. The van der Waals surface area contributed by atoms with Crippen molar-refractivity contribution in [2.24, 2.45) is 0 Å². The average Bonchev–Trinajstić information content (AvgIpc) is 3.17. The first kappa shape index (κ1) is 17.4. The number of hydrogen-bond acceptors (Lipinski definition) is 3. The summed E-state index contributed by atoms with van der Waals surface area (Å²) in [6, 6.07) is 11.9. The quantitative estimate of drug-likeness (QED) is 0.728. The van der Waals surface area contributed by atoms with E-state index in [2.05, 4.69) is 9.97 Å².